The van der Waals surface area contributed by atoms with Crippen LogP contribution in [0.25, 0.3) is 0 Å². The topological polar surface area (TPSA) is 66.8 Å². The van der Waals surface area contributed by atoms with Gasteiger partial charge in [0, 0.05) is 0 Å². The predicted octanol–water partition coefficient (Wildman–Crippen LogP) is 1.55. The molecule has 0 aromatic carbocycles. The molecular formula is C12H23NO4Sn. The zero-order chi connectivity index (χ0) is 13.6. The molecule has 0 radical (unpaired) electrons. The van der Waals surface area contributed by atoms with Gasteiger partial charge in [0.1, 0.15) is 0 Å². The molecule has 0 saturated carbocycles. The van der Waals surface area contributed by atoms with Crippen molar-refractivity contribution in [2.75, 3.05) is 19.8 Å². The zero-order valence-corrected chi connectivity index (χ0v) is 14.4. The van der Waals surface area contributed by atoms with E-state index in [1.165, 1.54) is 0 Å². The van der Waals surface area contributed by atoms with E-state index >= 15 is 0 Å². The van der Waals surface area contributed by atoms with E-state index in [1.54, 1.807) is 6.26 Å². The van der Waals surface area contributed by atoms with Crippen molar-refractivity contribution in [3.05, 3.63) is 18.1 Å². The van der Waals surface area contributed by atoms with Crippen LogP contribution in [0.5, 0.6) is 0 Å². The fourth-order valence-corrected chi connectivity index (χ4v) is 9.61. The molecule has 104 valence electrons. The molecule has 0 fully saturated rings. The van der Waals surface area contributed by atoms with Crippen molar-refractivity contribution in [2.45, 2.75) is 33.7 Å². The third-order valence-electron chi connectivity index (χ3n) is 2.44. The molecule has 1 unspecified atom stereocenters. The molecule has 1 atom stereocenters. The maximum absolute atomic E-state index is 5.92. The summed E-state index contributed by atoms with van der Waals surface area (Å²) in [4.78, 5) is 0. The summed E-state index contributed by atoms with van der Waals surface area (Å²) in [6.45, 7) is 9.36. The van der Waals surface area contributed by atoms with Crippen LogP contribution in [0.15, 0.2) is 16.7 Å². The van der Waals surface area contributed by atoms with E-state index in [4.69, 9.17) is 19.4 Å². The van der Waals surface area contributed by atoms with E-state index in [2.05, 4.69) is 0 Å². The second kappa shape index (κ2) is 7.49. The molecule has 2 N–H and O–H groups in total. The molecule has 0 amide bonds. The van der Waals surface area contributed by atoms with Crippen LogP contribution in [0.2, 0.25) is 0 Å². The molecular weight excluding hydrogens is 341 g/mol. The van der Waals surface area contributed by atoms with Gasteiger partial charge in [-0.15, -0.1) is 0 Å². The van der Waals surface area contributed by atoms with Crippen molar-refractivity contribution < 1.29 is 13.6 Å². The molecule has 0 aliphatic heterocycles. The molecule has 1 aromatic rings. The van der Waals surface area contributed by atoms with Gasteiger partial charge in [0.2, 0.25) is 0 Å². The van der Waals surface area contributed by atoms with E-state index in [-0.39, 0.29) is 6.04 Å². The van der Waals surface area contributed by atoms with Crippen LogP contribution in [-0.2, 0) is 9.22 Å². The number of hydrogen-bond donors (Lipinski definition) is 1. The van der Waals surface area contributed by atoms with Gasteiger partial charge in [-0.05, 0) is 0 Å². The molecule has 0 aliphatic rings. The monoisotopic (exact) mass is 365 g/mol. The Morgan fingerprint density at radius 3 is 2.06 bits per heavy atom. The molecule has 18 heavy (non-hydrogen) atoms. The van der Waals surface area contributed by atoms with Crippen LogP contribution >= 0.6 is 0 Å². The molecule has 0 spiro atoms. The van der Waals surface area contributed by atoms with Gasteiger partial charge < -0.3 is 0 Å². The first-order valence-electron chi connectivity index (χ1n) is 6.36. The van der Waals surface area contributed by atoms with Crippen LogP contribution in [-0.4, -0.2) is 39.4 Å². The minimum atomic E-state index is -3.76. The van der Waals surface area contributed by atoms with Crippen molar-refractivity contribution >= 4 is 23.2 Å². The van der Waals surface area contributed by atoms with Crippen LogP contribution in [0.3, 0.4) is 0 Å². The summed E-state index contributed by atoms with van der Waals surface area (Å²) in [5.74, 6) is 0.709. The summed E-state index contributed by atoms with van der Waals surface area (Å²) in [6, 6.07) is 1.67. The summed E-state index contributed by atoms with van der Waals surface area (Å²) in [6.07, 6.45) is 1.62. The van der Waals surface area contributed by atoms with Gasteiger partial charge in [0.05, 0.1) is 0 Å². The van der Waals surface area contributed by atoms with E-state index in [0.717, 1.165) is 3.58 Å². The quantitative estimate of drug-likeness (QED) is 0.710. The van der Waals surface area contributed by atoms with Gasteiger partial charge >= 0.3 is 114 Å². The Balaban J connectivity index is 3.17. The summed E-state index contributed by atoms with van der Waals surface area (Å²) < 4.78 is 24.1. The minimum absolute atomic E-state index is 0.201. The van der Waals surface area contributed by atoms with Gasteiger partial charge in [-0.3, -0.25) is 0 Å². The Morgan fingerprint density at radius 2 is 1.67 bits per heavy atom. The third kappa shape index (κ3) is 3.48. The fourth-order valence-electron chi connectivity index (χ4n) is 1.85. The van der Waals surface area contributed by atoms with Gasteiger partial charge in [-0.2, -0.15) is 0 Å². The molecule has 1 aromatic heterocycles. The van der Waals surface area contributed by atoms with Crippen molar-refractivity contribution in [2.24, 2.45) is 5.73 Å². The first-order valence-corrected chi connectivity index (χ1v) is 11.3. The number of nitrogens with two attached hydrogens (primary N) is 1. The Bertz CT molecular complexity index is 337. The molecule has 0 bridgehead atoms. The number of hydrogen-bond acceptors (Lipinski definition) is 5. The second-order valence-electron chi connectivity index (χ2n) is 3.84. The average Bonchev–Trinajstić information content (AvgIpc) is 2.79. The van der Waals surface area contributed by atoms with Crippen molar-refractivity contribution in [3.63, 3.8) is 0 Å². The van der Waals surface area contributed by atoms with Crippen molar-refractivity contribution in [1.29, 1.82) is 0 Å². The second-order valence-corrected chi connectivity index (χ2v) is 11.0. The molecule has 0 saturated heterocycles. The van der Waals surface area contributed by atoms with Gasteiger partial charge in [0.15, 0.2) is 0 Å². The summed E-state index contributed by atoms with van der Waals surface area (Å²) in [7, 11) is 0. The average molecular weight is 364 g/mol. The maximum atomic E-state index is 5.92. The van der Waals surface area contributed by atoms with E-state index < -0.39 is 19.6 Å². The first kappa shape index (κ1) is 16.0. The predicted molar refractivity (Wildman–Crippen MR) is 71.6 cm³/mol. The van der Waals surface area contributed by atoms with Gasteiger partial charge in [-0.25, -0.2) is 0 Å². The van der Waals surface area contributed by atoms with Crippen molar-refractivity contribution in [1.82, 2.24) is 0 Å². The third-order valence-corrected chi connectivity index (χ3v) is 11.2. The molecule has 0 aliphatic carbocycles. The van der Waals surface area contributed by atoms with Crippen LogP contribution in [0.4, 0.5) is 0 Å². The Labute approximate surface area is 114 Å². The Morgan fingerprint density at radius 1 is 1.17 bits per heavy atom. The molecule has 6 heteroatoms. The van der Waals surface area contributed by atoms with E-state index in [9.17, 15) is 0 Å². The summed E-state index contributed by atoms with van der Waals surface area (Å²) >= 11 is -3.76. The molecule has 5 nitrogen and oxygen atoms in total. The van der Waals surface area contributed by atoms with Crippen molar-refractivity contribution in [3.8, 4) is 0 Å². The van der Waals surface area contributed by atoms with E-state index in [0.29, 0.717) is 25.6 Å². The number of furan rings is 1. The van der Waals surface area contributed by atoms with E-state index in [1.807, 2.05) is 33.8 Å². The first-order chi connectivity index (χ1) is 8.61. The molecule has 1 heterocycles. The standard InChI is InChI=1S/C6H8NO.3C2H5O.Sn/c1-5(7)6-3-2-4-8-6;3*1-2-3;/h2,4-5H,7H2,1H3;3*2H2,1H3;/q;3*-1;+3. The SMILES string of the molecule is CC[O][Sn]([O]CC)([O]CC)[c]1ccoc1C(C)N. The van der Waals surface area contributed by atoms with Gasteiger partial charge in [0.25, 0.3) is 0 Å². The fraction of sp³-hybridized carbons (Fsp3) is 0.667. The van der Waals surface area contributed by atoms with Gasteiger partial charge in [-0.1, -0.05) is 0 Å². The van der Waals surface area contributed by atoms with Crippen LogP contribution in [0.1, 0.15) is 39.5 Å². The van der Waals surface area contributed by atoms with Crippen LogP contribution < -0.4 is 9.31 Å². The normalized spacial score (nSPS) is 13.8. The Kier molecular flexibility index (Phi) is 6.65. The zero-order valence-electron chi connectivity index (χ0n) is 11.6. The summed E-state index contributed by atoms with van der Waals surface area (Å²) in [5, 5.41) is 0. The number of rotatable bonds is 8. The Hall–Kier alpha value is -0.0813. The summed E-state index contributed by atoms with van der Waals surface area (Å²) in [5.41, 5.74) is 5.92. The molecule has 1 rings (SSSR count). The van der Waals surface area contributed by atoms with Crippen LogP contribution in [0, 0.1) is 0 Å².